The van der Waals surface area contributed by atoms with Crippen LogP contribution in [-0.2, 0) is 16.0 Å². The fourth-order valence-electron chi connectivity index (χ4n) is 1.86. The third-order valence-corrected chi connectivity index (χ3v) is 3.09. The average Bonchev–Trinajstić information content (AvgIpc) is 2.31. The molecule has 0 aliphatic carbocycles. The SMILES string of the molecule is CC(=S)CC(=O)Cc1cc(NC(=O)CC(N)=S)ccc1C. The van der Waals surface area contributed by atoms with Crippen molar-refractivity contribution in [3.05, 3.63) is 29.3 Å². The summed E-state index contributed by atoms with van der Waals surface area (Å²) in [4.78, 5) is 24.3. The number of nitrogens with one attached hydrogen (secondary N) is 1. The standard InChI is InChI=1S/C15H18N2O2S2/c1-9-3-4-12(17-15(19)8-14(16)21)6-11(9)7-13(18)5-10(2)20/h3-4,6H,5,7-8H2,1-2H3,(H2,16,21)(H,17,19). The molecule has 0 bridgehead atoms. The van der Waals surface area contributed by atoms with Crippen LogP contribution in [0, 0.1) is 6.92 Å². The minimum atomic E-state index is -0.265. The van der Waals surface area contributed by atoms with Gasteiger partial charge in [0.05, 0.1) is 11.4 Å². The summed E-state index contributed by atoms with van der Waals surface area (Å²) in [6.07, 6.45) is 0.604. The van der Waals surface area contributed by atoms with Gasteiger partial charge in [-0.1, -0.05) is 30.5 Å². The molecule has 1 aromatic rings. The maximum absolute atomic E-state index is 11.8. The molecular weight excluding hydrogens is 304 g/mol. The second-order valence-corrected chi connectivity index (χ2v) is 6.15. The van der Waals surface area contributed by atoms with Crippen molar-refractivity contribution in [2.45, 2.75) is 33.1 Å². The Hall–Kier alpha value is -1.66. The van der Waals surface area contributed by atoms with Crippen molar-refractivity contribution in [2.75, 3.05) is 5.32 Å². The van der Waals surface area contributed by atoms with Gasteiger partial charge in [0.25, 0.3) is 0 Å². The van der Waals surface area contributed by atoms with Crippen molar-refractivity contribution in [3.8, 4) is 0 Å². The summed E-state index contributed by atoms with van der Waals surface area (Å²) in [5.41, 5.74) is 7.83. The highest BCUT2D eigenvalue weighted by atomic mass is 32.1. The molecule has 0 aliphatic heterocycles. The monoisotopic (exact) mass is 322 g/mol. The van der Waals surface area contributed by atoms with E-state index in [-0.39, 0.29) is 23.1 Å². The Balaban J connectivity index is 2.80. The maximum atomic E-state index is 11.8. The zero-order chi connectivity index (χ0) is 16.0. The van der Waals surface area contributed by atoms with Crippen molar-refractivity contribution in [2.24, 2.45) is 5.73 Å². The molecule has 0 saturated heterocycles. The number of ketones is 1. The van der Waals surface area contributed by atoms with E-state index in [0.29, 0.717) is 23.4 Å². The lowest BCUT2D eigenvalue weighted by atomic mass is 10.0. The van der Waals surface area contributed by atoms with Gasteiger partial charge in [-0.05, 0) is 42.0 Å². The molecule has 1 aromatic carbocycles. The Morgan fingerprint density at radius 1 is 1.24 bits per heavy atom. The van der Waals surface area contributed by atoms with Crippen LogP contribution in [-0.4, -0.2) is 21.5 Å². The van der Waals surface area contributed by atoms with Crippen molar-refractivity contribution in [3.63, 3.8) is 0 Å². The number of rotatable bonds is 7. The number of aryl methyl sites for hydroxylation is 1. The van der Waals surface area contributed by atoms with Crippen LogP contribution in [0.4, 0.5) is 5.69 Å². The first-order valence-electron chi connectivity index (χ1n) is 6.46. The molecule has 3 N–H and O–H groups in total. The molecule has 21 heavy (non-hydrogen) atoms. The smallest absolute Gasteiger partial charge is 0.231 e. The Kier molecular flexibility index (Phi) is 6.58. The summed E-state index contributed by atoms with van der Waals surface area (Å²) in [6.45, 7) is 3.68. The van der Waals surface area contributed by atoms with Gasteiger partial charge < -0.3 is 11.1 Å². The lowest BCUT2D eigenvalue weighted by molar-refractivity contribution is -0.117. The number of carbonyl (C=O) groups is 2. The zero-order valence-corrected chi connectivity index (χ0v) is 13.7. The predicted molar refractivity (Wildman–Crippen MR) is 92.8 cm³/mol. The van der Waals surface area contributed by atoms with Crippen LogP contribution in [0.3, 0.4) is 0 Å². The van der Waals surface area contributed by atoms with Crippen LogP contribution in [0.5, 0.6) is 0 Å². The molecule has 6 heteroatoms. The van der Waals surface area contributed by atoms with Crippen LogP contribution >= 0.6 is 24.4 Å². The van der Waals surface area contributed by atoms with Crippen molar-refractivity contribution in [1.82, 2.24) is 0 Å². The van der Waals surface area contributed by atoms with Crippen LogP contribution in [0.15, 0.2) is 18.2 Å². The van der Waals surface area contributed by atoms with Crippen molar-refractivity contribution >= 4 is 51.7 Å². The average molecular weight is 322 g/mol. The number of nitrogens with two attached hydrogens (primary N) is 1. The molecule has 0 aromatic heterocycles. The quantitative estimate of drug-likeness (QED) is 0.755. The molecule has 0 saturated carbocycles. The second kappa shape index (κ2) is 7.95. The molecule has 0 aliphatic rings. The van der Waals surface area contributed by atoms with Gasteiger partial charge >= 0.3 is 0 Å². The highest BCUT2D eigenvalue weighted by Gasteiger charge is 2.10. The summed E-state index contributed by atoms with van der Waals surface area (Å²) in [7, 11) is 0. The molecule has 0 radical (unpaired) electrons. The first-order chi connectivity index (χ1) is 9.77. The molecule has 0 atom stereocenters. The summed E-state index contributed by atoms with van der Waals surface area (Å²) >= 11 is 9.63. The number of hydrogen-bond acceptors (Lipinski definition) is 4. The van der Waals surface area contributed by atoms with Gasteiger partial charge in [0, 0.05) is 18.5 Å². The normalized spacial score (nSPS) is 10.0. The number of thiocarbonyl (C=S) groups is 2. The lowest BCUT2D eigenvalue weighted by Gasteiger charge is -2.10. The Labute approximate surface area is 135 Å². The number of hydrogen-bond donors (Lipinski definition) is 2. The molecule has 112 valence electrons. The minimum Gasteiger partial charge on any atom is -0.393 e. The van der Waals surface area contributed by atoms with E-state index in [1.54, 1.807) is 19.1 Å². The number of benzene rings is 1. The molecule has 4 nitrogen and oxygen atoms in total. The first-order valence-corrected chi connectivity index (χ1v) is 7.28. The van der Waals surface area contributed by atoms with E-state index in [1.807, 2.05) is 13.0 Å². The summed E-state index contributed by atoms with van der Waals surface area (Å²) < 4.78 is 0. The number of amides is 1. The van der Waals surface area contributed by atoms with Crippen molar-refractivity contribution in [1.29, 1.82) is 0 Å². The third-order valence-electron chi connectivity index (χ3n) is 2.80. The number of anilines is 1. The first kappa shape index (κ1) is 17.4. The van der Waals surface area contributed by atoms with E-state index in [2.05, 4.69) is 5.32 Å². The van der Waals surface area contributed by atoms with Crippen molar-refractivity contribution < 1.29 is 9.59 Å². The van der Waals surface area contributed by atoms with Gasteiger partial charge in [0.15, 0.2) is 0 Å². The number of Topliss-reactive ketones (excluding diaryl/α,β-unsaturated/α-hetero) is 1. The summed E-state index contributed by atoms with van der Waals surface area (Å²) in [6, 6.07) is 5.44. The fourth-order valence-corrected chi connectivity index (χ4v) is 2.15. The van der Waals surface area contributed by atoms with E-state index in [1.165, 1.54) is 0 Å². The predicted octanol–water partition coefficient (Wildman–Crippen LogP) is 2.50. The highest BCUT2D eigenvalue weighted by molar-refractivity contribution is 7.80. The number of carbonyl (C=O) groups excluding carboxylic acids is 2. The Morgan fingerprint density at radius 2 is 1.90 bits per heavy atom. The largest absolute Gasteiger partial charge is 0.393 e. The third kappa shape index (κ3) is 6.55. The molecule has 0 heterocycles. The zero-order valence-electron chi connectivity index (χ0n) is 12.1. The Bertz CT molecular complexity index is 597. The molecule has 0 fully saturated rings. The minimum absolute atomic E-state index is 0.00157. The lowest BCUT2D eigenvalue weighted by Crippen LogP contribution is -2.20. The van der Waals surface area contributed by atoms with Gasteiger partial charge in [0.1, 0.15) is 5.78 Å². The van der Waals surface area contributed by atoms with Crippen LogP contribution in [0.25, 0.3) is 0 Å². The highest BCUT2D eigenvalue weighted by Crippen LogP contribution is 2.17. The second-order valence-electron chi connectivity index (χ2n) is 4.93. The molecule has 0 unspecified atom stereocenters. The maximum Gasteiger partial charge on any atom is 0.231 e. The molecule has 0 spiro atoms. The van der Waals surface area contributed by atoms with Gasteiger partial charge in [-0.2, -0.15) is 0 Å². The Morgan fingerprint density at radius 3 is 2.48 bits per heavy atom. The molecular formula is C15H18N2O2S2. The molecule has 1 amide bonds. The van der Waals surface area contributed by atoms with Gasteiger partial charge in [-0.15, -0.1) is 0 Å². The van der Waals surface area contributed by atoms with E-state index >= 15 is 0 Å². The van der Waals surface area contributed by atoms with E-state index in [9.17, 15) is 9.59 Å². The van der Waals surface area contributed by atoms with Crippen LogP contribution in [0.1, 0.15) is 30.9 Å². The van der Waals surface area contributed by atoms with E-state index in [4.69, 9.17) is 30.2 Å². The summed E-state index contributed by atoms with van der Waals surface area (Å²) in [5.74, 6) is -0.199. The molecule has 1 rings (SSSR count). The van der Waals surface area contributed by atoms with Crippen LogP contribution < -0.4 is 11.1 Å². The van der Waals surface area contributed by atoms with E-state index in [0.717, 1.165) is 11.1 Å². The van der Waals surface area contributed by atoms with E-state index < -0.39 is 0 Å². The van der Waals surface area contributed by atoms with Gasteiger partial charge in [-0.25, -0.2) is 0 Å². The summed E-state index contributed by atoms with van der Waals surface area (Å²) in [5, 5.41) is 2.71. The van der Waals surface area contributed by atoms with Crippen LogP contribution in [0.2, 0.25) is 0 Å². The van der Waals surface area contributed by atoms with Gasteiger partial charge in [0.2, 0.25) is 5.91 Å². The fraction of sp³-hybridized carbons (Fsp3) is 0.333. The topological polar surface area (TPSA) is 72.2 Å². The van der Waals surface area contributed by atoms with Gasteiger partial charge in [-0.3, -0.25) is 9.59 Å².